The minimum Gasteiger partial charge on any atom is -0.402 e. The summed E-state index contributed by atoms with van der Waals surface area (Å²) >= 11 is 0. The molecular formula is C8H17N. The predicted molar refractivity (Wildman–Crippen MR) is 42.0 cm³/mol. The molecule has 0 heterocycles. The standard InChI is InChI=1S/C8H17N/c1-5-7(9)8(3,4)6-2/h5H,6,9H2,1-4H3/b7-5-. The van der Waals surface area contributed by atoms with Crippen LogP contribution in [0.5, 0.6) is 0 Å². The molecule has 0 aliphatic carbocycles. The largest absolute Gasteiger partial charge is 0.402 e. The molecule has 0 aromatic carbocycles. The molecule has 0 aliphatic rings. The van der Waals surface area contributed by atoms with E-state index in [1.807, 2.05) is 13.0 Å². The lowest BCUT2D eigenvalue weighted by molar-refractivity contribution is 0.424. The van der Waals surface area contributed by atoms with Crippen LogP contribution in [0.2, 0.25) is 0 Å². The molecule has 0 saturated heterocycles. The molecule has 0 spiro atoms. The number of rotatable bonds is 2. The van der Waals surface area contributed by atoms with Crippen molar-refractivity contribution in [3.63, 3.8) is 0 Å². The average Bonchev–Trinajstić information content (AvgIpc) is 1.86. The van der Waals surface area contributed by atoms with Crippen LogP contribution in [0.4, 0.5) is 0 Å². The van der Waals surface area contributed by atoms with Crippen LogP contribution in [-0.2, 0) is 0 Å². The van der Waals surface area contributed by atoms with E-state index in [0.717, 1.165) is 12.1 Å². The second-order valence-electron chi connectivity index (χ2n) is 2.98. The van der Waals surface area contributed by atoms with Crippen molar-refractivity contribution in [3.05, 3.63) is 11.8 Å². The van der Waals surface area contributed by atoms with Gasteiger partial charge in [-0.1, -0.05) is 26.8 Å². The summed E-state index contributed by atoms with van der Waals surface area (Å²) in [5.41, 5.74) is 6.90. The first-order chi connectivity index (χ1) is 4.04. The van der Waals surface area contributed by atoms with E-state index in [9.17, 15) is 0 Å². The lowest BCUT2D eigenvalue weighted by atomic mass is 9.86. The van der Waals surface area contributed by atoms with E-state index in [1.165, 1.54) is 0 Å². The Labute approximate surface area is 57.9 Å². The molecule has 54 valence electrons. The summed E-state index contributed by atoms with van der Waals surface area (Å²) in [7, 11) is 0. The van der Waals surface area contributed by atoms with Gasteiger partial charge < -0.3 is 5.73 Å². The molecule has 1 heteroatoms. The second-order valence-corrected chi connectivity index (χ2v) is 2.98. The Hall–Kier alpha value is -0.460. The Kier molecular flexibility index (Phi) is 2.75. The monoisotopic (exact) mass is 127 g/mol. The van der Waals surface area contributed by atoms with Crippen LogP contribution in [0.15, 0.2) is 11.8 Å². The highest BCUT2D eigenvalue weighted by Crippen LogP contribution is 2.25. The van der Waals surface area contributed by atoms with Crippen molar-refractivity contribution < 1.29 is 0 Å². The van der Waals surface area contributed by atoms with Crippen LogP contribution in [0, 0.1) is 5.41 Å². The van der Waals surface area contributed by atoms with Gasteiger partial charge in [0.2, 0.25) is 0 Å². The zero-order valence-corrected chi connectivity index (χ0v) is 6.86. The van der Waals surface area contributed by atoms with Crippen LogP contribution >= 0.6 is 0 Å². The van der Waals surface area contributed by atoms with Crippen molar-refractivity contribution in [3.8, 4) is 0 Å². The lowest BCUT2D eigenvalue weighted by Gasteiger charge is -2.22. The summed E-state index contributed by atoms with van der Waals surface area (Å²) in [5.74, 6) is 0. The maximum Gasteiger partial charge on any atom is 0.00944 e. The van der Waals surface area contributed by atoms with E-state index in [1.54, 1.807) is 0 Å². The van der Waals surface area contributed by atoms with Crippen LogP contribution in [0.1, 0.15) is 34.1 Å². The van der Waals surface area contributed by atoms with Gasteiger partial charge in [0, 0.05) is 11.1 Å². The third-order valence-corrected chi connectivity index (χ3v) is 1.98. The maximum absolute atomic E-state index is 5.72. The van der Waals surface area contributed by atoms with Gasteiger partial charge in [0.25, 0.3) is 0 Å². The normalized spacial score (nSPS) is 14.0. The predicted octanol–water partition coefficient (Wildman–Crippen LogP) is 2.29. The van der Waals surface area contributed by atoms with E-state index in [4.69, 9.17) is 5.73 Å². The van der Waals surface area contributed by atoms with Crippen molar-refractivity contribution in [1.82, 2.24) is 0 Å². The Morgan fingerprint density at radius 3 is 2.11 bits per heavy atom. The lowest BCUT2D eigenvalue weighted by Crippen LogP contribution is -2.19. The highest BCUT2D eigenvalue weighted by molar-refractivity contribution is 5.05. The first kappa shape index (κ1) is 8.54. The Morgan fingerprint density at radius 2 is 2.00 bits per heavy atom. The third-order valence-electron chi connectivity index (χ3n) is 1.98. The SMILES string of the molecule is C/C=C(\N)C(C)(C)CC. The van der Waals surface area contributed by atoms with Gasteiger partial charge in [-0.25, -0.2) is 0 Å². The number of nitrogens with two attached hydrogens (primary N) is 1. The topological polar surface area (TPSA) is 26.0 Å². The van der Waals surface area contributed by atoms with Gasteiger partial charge in [0.05, 0.1) is 0 Å². The van der Waals surface area contributed by atoms with E-state index in [2.05, 4.69) is 20.8 Å². The van der Waals surface area contributed by atoms with Crippen molar-refractivity contribution in [1.29, 1.82) is 0 Å². The van der Waals surface area contributed by atoms with E-state index in [0.29, 0.717) is 0 Å². The zero-order valence-electron chi connectivity index (χ0n) is 6.86. The highest BCUT2D eigenvalue weighted by Gasteiger charge is 2.16. The molecule has 0 fully saturated rings. The maximum atomic E-state index is 5.72. The molecule has 0 saturated carbocycles. The first-order valence-corrected chi connectivity index (χ1v) is 3.47. The van der Waals surface area contributed by atoms with Gasteiger partial charge in [-0.05, 0) is 13.3 Å². The number of hydrogen-bond acceptors (Lipinski definition) is 1. The van der Waals surface area contributed by atoms with Crippen LogP contribution < -0.4 is 5.73 Å². The molecule has 0 aromatic rings. The fourth-order valence-electron chi connectivity index (χ4n) is 0.595. The Morgan fingerprint density at radius 1 is 1.56 bits per heavy atom. The van der Waals surface area contributed by atoms with Crippen molar-refractivity contribution >= 4 is 0 Å². The molecule has 0 rings (SSSR count). The van der Waals surface area contributed by atoms with Crippen LogP contribution in [-0.4, -0.2) is 0 Å². The minimum absolute atomic E-state index is 0.189. The molecule has 0 unspecified atom stereocenters. The molecule has 2 N–H and O–H groups in total. The quantitative estimate of drug-likeness (QED) is 0.605. The Bertz CT molecular complexity index is 112. The molecule has 0 bridgehead atoms. The smallest absolute Gasteiger partial charge is 0.00944 e. The molecule has 1 nitrogen and oxygen atoms in total. The summed E-state index contributed by atoms with van der Waals surface area (Å²) in [6.07, 6.45) is 3.08. The summed E-state index contributed by atoms with van der Waals surface area (Å²) in [4.78, 5) is 0. The van der Waals surface area contributed by atoms with Gasteiger partial charge in [0.15, 0.2) is 0 Å². The van der Waals surface area contributed by atoms with Crippen molar-refractivity contribution in [2.45, 2.75) is 34.1 Å². The van der Waals surface area contributed by atoms with Crippen LogP contribution in [0.3, 0.4) is 0 Å². The number of hydrogen-bond donors (Lipinski definition) is 1. The molecule has 0 aliphatic heterocycles. The van der Waals surface area contributed by atoms with Gasteiger partial charge in [0.1, 0.15) is 0 Å². The first-order valence-electron chi connectivity index (χ1n) is 3.47. The Balaban J connectivity index is 4.14. The van der Waals surface area contributed by atoms with E-state index < -0.39 is 0 Å². The zero-order chi connectivity index (χ0) is 7.49. The summed E-state index contributed by atoms with van der Waals surface area (Å²) in [5, 5.41) is 0. The summed E-state index contributed by atoms with van der Waals surface area (Å²) in [6, 6.07) is 0. The van der Waals surface area contributed by atoms with Gasteiger partial charge in [-0.2, -0.15) is 0 Å². The molecule has 0 amide bonds. The molecule has 0 atom stereocenters. The molecular weight excluding hydrogens is 110 g/mol. The summed E-state index contributed by atoms with van der Waals surface area (Å²) < 4.78 is 0. The van der Waals surface area contributed by atoms with Gasteiger partial charge in [-0.15, -0.1) is 0 Å². The molecule has 0 radical (unpaired) electrons. The van der Waals surface area contributed by atoms with Gasteiger partial charge in [-0.3, -0.25) is 0 Å². The second kappa shape index (κ2) is 2.90. The fraction of sp³-hybridized carbons (Fsp3) is 0.750. The molecule has 0 aromatic heterocycles. The molecule has 9 heavy (non-hydrogen) atoms. The average molecular weight is 127 g/mol. The van der Waals surface area contributed by atoms with Crippen molar-refractivity contribution in [2.75, 3.05) is 0 Å². The van der Waals surface area contributed by atoms with Gasteiger partial charge >= 0.3 is 0 Å². The fourth-order valence-corrected chi connectivity index (χ4v) is 0.595. The van der Waals surface area contributed by atoms with Crippen LogP contribution in [0.25, 0.3) is 0 Å². The highest BCUT2D eigenvalue weighted by atomic mass is 14.6. The third kappa shape index (κ3) is 2.08. The number of allylic oxidation sites excluding steroid dienone is 2. The minimum atomic E-state index is 0.189. The van der Waals surface area contributed by atoms with E-state index >= 15 is 0 Å². The van der Waals surface area contributed by atoms with Crippen molar-refractivity contribution in [2.24, 2.45) is 11.1 Å². The summed E-state index contributed by atoms with van der Waals surface area (Å²) in [6.45, 7) is 8.44. The van der Waals surface area contributed by atoms with E-state index in [-0.39, 0.29) is 5.41 Å².